The Balaban J connectivity index is 1.03. The van der Waals surface area contributed by atoms with Crippen molar-refractivity contribution >= 4 is 75.9 Å². The van der Waals surface area contributed by atoms with Crippen LogP contribution in [0.25, 0.3) is 133 Å². The number of aromatic nitrogens is 5. The molecule has 316 valence electrons. The maximum atomic E-state index is 5.43. The normalized spacial score (nSPS) is 11.8. The van der Waals surface area contributed by atoms with Gasteiger partial charge in [0, 0.05) is 49.6 Å². The molecular formula is C63H39N5. The molecule has 0 amide bonds. The van der Waals surface area contributed by atoms with Crippen LogP contribution in [0, 0.1) is 0 Å². The highest BCUT2D eigenvalue weighted by atomic mass is 15.0. The van der Waals surface area contributed by atoms with Gasteiger partial charge in [-0.1, -0.05) is 176 Å². The van der Waals surface area contributed by atoms with E-state index in [9.17, 15) is 0 Å². The summed E-state index contributed by atoms with van der Waals surface area (Å²) in [5.74, 6) is 1.81. The van der Waals surface area contributed by atoms with Crippen LogP contribution in [-0.2, 0) is 0 Å². The van der Waals surface area contributed by atoms with Crippen molar-refractivity contribution in [2.75, 3.05) is 0 Å². The summed E-state index contributed by atoms with van der Waals surface area (Å²) in [6, 6.07) is 84.7. The summed E-state index contributed by atoms with van der Waals surface area (Å²) in [4.78, 5) is 16.0. The van der Waals surface area contributed by atoms with Crippen LogP contribution in [0.1, 0.15) is 0 Å². The van der Waals surface area contributed by atoms with E-state index in [1.54, 1.807) is 0 Å². The van der Waals surface area contributed by atoms with Crippen molar-refractivity contribution in [1.29, 1.82) is 0 Å². The topological polar surface area (TPSA) is 48.5 Å². The lowest BCUT2D eigenvalue weighted by molar-refractivity contribution is 1.07. The molecule has 0 unspecified atom stereocenters. The highest BCUT2D eigenvalue weighted by Gasteiger charge is 2.20. The van der Waals surface area contributed by atoms with E-state index in [0.29, 0.717) is 17.5 Å². The third-order valence-electron chi connectivity index (χ3n) is 13.7. The first-order valence-electron chi connectivity index (χ1n) is 23.1. The molecule has 0 spiro atoms. The van der Waals surface area contributed by atoms with Gasteiger partial charge in [-0.15, -0.1) is 0 Å². The largest absolute Gasteiger partial charge is 0.309 e. The second-order valence-corrected chi connectivity index (χ2v) is 17.6. The fraction of sp³-hybridized carbons (Fsp3) is 0. The van der Waals surface area contributed by atoms with Crippen molar-refractivity contribution in [3.05, 3.63) is 237 Å². The summed E-state index contributed by atoms with van der Waals surface area (Å²) in [6.45, 7) is 0. The van der Waals surface area contributed by atoms with Crippen LogP contribution in [0.3, 0.4) is 0 Å². The van der Waals surface area contributed by atoms with Crippen molar-refractivity contribution in [2.45, 2.75) is 0 Å². The van der Waals surface area contributed by atoms with Crippen LogP contribution in [0.5, 0.6) is 0 Å². The molecule has 5 nitrogen and oxygen atoms in total. The van der Waals surface area contributed by atoms with Gasteiger partial charge in [0.05, 0.1) is 22.1 Å². The zero-order valence-electron chi connectivity index (χ0n) is 36.8. The zero-order chi connectivity index (χ0) is 44.7. The first-order chi connectivity index (χ1) is 33.7. The number of hydrogen-bond acceptors (Lipinski definition) is 3. The van der Waals surface area contributed by atoms with E-state index in [2.05, 4.69) is 228 Å². The Labute approximate surface area is 391 Å². The summed E-state index contributed by atoms with van der Waals surface area (Å²) in [5.41, 5.74) is 11.5. The van der Waals surface area contributed by atoms with Crippen LogP contribution < -0.4 is 0 Å². The zero-order valence-corrected chi connectivity index (χ0v) is 36.8. The molecule has 68 heavy (non-hydrogen) atoms. The van der Waals surface area contributed by atoms with Crippen LogP contribution in [0.2, 0.25) is 0 Å². The SMILES string of the molecule is c1ccc(-c2nc(-c3cc(-c4ccc5c6ccccc6c6ccccc6c5c4)cc(-n4c5ccccc5c5ccccc54)c3)nc(-c3ccc4c5ccccc5n(-c5ccccc5)c4c3)n2)cc1. The fourth-order valence-electron chi connectivity index (χ4n) is 10.6. The van der Waals surface area contributed by atoms with Crippen molar-refractivity contribution < 1.29 is 0 Å². The lowest BCUT2D eigenvalue weighted by atomic mass is 9.91. The van der Waals surface area contributed by atoms with Crippen LogP contribution in [-0.4, -0.2) is 24.1 Å². The Bertz CT molecular complexity index is 4230. The van der Waals surface area contributed by atoms with E-state index in [1.807, 2.05) is 18.2 Å². The van der Waals surface area contributed by atoms with Gasteiger partial charge in [0.15, 0.2) is 17.5 Å². The Morgan fingerprint density at radius 2 is 0.603 bits per heavy atom. The van der Waals surface area contributed by atoms with E-state index in [1.165, 1.54) is 53.9 Å². The van der Waals surface area contributed by atoms with E-state index in [-0.39, 0.29) is 0 Å². The average Bonchev–Trinajstić information content (AvgIpc) is 3.94. The molecule has 0 saturated carbocycles. The molecule has 0 aliphatic heterocycles. The van der Waals surface area contributed by atoms with Crippen molar-refractivity contribution in [3.8, 4) is 56.7 Å². The lowest BCUT2D eigenvalue weighted by Gasteiger charge is -2.16. The molecule has 0 radical (unpaired) electrons. The van der Waals surface area contributed by atoms with Gasteiger partial charge in [-0.3, -0.25) is 0 Å². The fourth-order valence-corrected chi connectivity index (χ4v) is 10.6. The standard InChI is InChI=1S/C63H39N5/c1-3-17-40(18-4-1)61-64-62(42-32-34-55-54-27-13-14-28-57(54)67(60(55)39-42)45-19-5-2-6-20-45)66-63(65-61)44-35-43(36-46(37-44)68-58-29-15-11-25-52(58)53-26-12-16-30-59(53)68)41-31-33-51-49-23-8-7-21-47(49)48-22-9-10-24-50(48)56(51)38-41/h1-39H. The molecule has 0 N–H and O–H groups in total. The number of hydrogen-bond donors (Lipinski definition) is 0. The number of para-hydroxylation sites is 4. The molecule has 5 heteroatoms. The van der Waals surface area contributed by atoms with Crippen LogP contribution in [0.15, 0.2) is 237 Å². The summed E-state index contributed by atoms with van der Waals surface area (Å²) >= 11 is 0. The molecule has 0 bridgehead atoms. The van der Waals surface area contributed by atoms with Gasteiger partial charge in [-0.2, -0.15) is 0 Å². The highest BCUT2D eigenvalue weighted by molar-refractivity contribution is 6.25. The van der Waals surface area contributed by atoms with Gasteiger partial charge in [-0.25, -0.2) is 15.0 Å². The summed E-state index contributed by atoms with van der Waals surface area (Å²) < 4.78 is 4.73. The maximum absolute atomic E-state index is 5.43. The van der Waals surface area contributed by atoms with Crippen molar-refractivity contribution in [1.82, 2.24) is 24.1 Å². The second-order valence-electron chi connectivity index (χ2n) is 17.6. The van der Waals surface area contributed by atoms with Gasteiger partial charge < -0.3 is 9.13 Å². The molecule has 0 saturated heterocycles. The number of fused-ring (bicyclic) bond motifs is 12. The molecule has 3 aromatic heterocycles. The van der Waals surface area contributed by atoms with Gasteiger partial charge in [0.2, 0.25) is 0 Å². The van der Waals surface area contributed by atoms with E-state index >= 15 is 0 Å². The van der Waals surface area contributed by atoms with E-state index < -0.39 is 0 Å². The van der Waals surface area contributed by atoms with Gasteiger partial charge in [0.25, 0.3) is 0 Å². The van der Waals surface area contributed by atoms with Crippen LogP contribution >= 0.6 is 0 Å². The summed E-state index contributed by atoms with van der Waals surface area (Å²) in [5, 5.41) is 12.2. The number of rotatable bonds is 6. The Hall–Kier alpha value is -9.19. The van der Waals surface area contributed by atoms with E-state index in [4.69, 9.17) is 15.0 Å². The lowest BCUT2D eigenvalue weighted by Crippen LogP contribution is -2.02. The minimum absolute atomic E-state index is 0.596. The predicted molar refractivity (Wildman–Crippen MR) is 283 cm³/mol. The molecule has 0 atom stereocenters. The second kappa shape index (κ2) is 15.2. The first-order valence-corrected chi connectivity index (χ1v) is 23.1. The minimum Gasteiger partial charge on any atom is -0.309 e. The van der Waals surface area contributed by atoms with Gasteiger partial charge >= 0.3 is 0 Å². The summed E-state index contributed by atoms with van der Waals surface area (Å²) in [6.07, 6.45) is 0. The third-order valence-corrected chi connectivity index (χ3v) is 13.7. The Morgan fingerprint density at radius 1 is 0.206 bits per heavy atom. The number of benzene rings is 11. The first kappa shape index (κ1) is 38.1. The van der Waals surface area contributed by atoms with Gasteiger partial charge in [0.1, 0.15) is 0 Å². The number of nitrogens with zero attached hydrogens (tertiary/aromatic N) is 5. The quantitative estimate of drug-likeness (QED) is 0.156. The highest BCUT2D eigenvalue weighted by Crippen LogP contribution is 2.41. The molecule has 14 rings (SSSR count). The van der Waals surface area contributed by atoms with Crippen molar-refractivity contribution in [2.24, 2.45) is 0 Å². The van der Waals surface area contributed by atoms with Gasteiger partial charge in [-0.05, 0) is 104 Å². The van der Waals surface area contributed by atoms with Crippen molar-refractivity contribution in [3.63, 3.8) is 0 Å². The molecule has 11 aromatic carbocycles. The third kappa shape index (κ3) is 5.99. The molecule has 0 aliphatic rings. The molecule has 0 fully saturated rings. The molecule has 14 aromatic rings. The van der Waals surface area contributed by atoms with E-state index in [0.717, 1.165) is 61.3 Å². The molecule has 3 heterocycles. The monoisotopic (exact) mass is 865 g/mol. The smallest absolute Gasteiger partial charge is 0.164 e. The summed E-state index contributed by atoms with van der Waals surface area (Å²) in [7, 11) is 0. The maximum Gasteiger partial charge on any atom is 0.164 e. The predicted octanol–water partition coefficient (Wildman–Crippen LogP) is 16.2. The van der Waals surface area contributed by atoms with Crippen LogP contribution in [0.4, 0.5) is 0 Å². The average molecular weight is 866 g/mol. The Morgan fingerprint density at radius 3 is 1.19 bits per heavy atom. The molecular weight excluding hydrogens is 827 g/mol. The minimum atomic E-state index is 0.596. The molecule has 0 aliphatic carbocycles. The Kier molecular flexibility index (Phi) is 8.52.